The fourth-order valence-corrected chi connectivity index (χ4v) is 5.52. The van der Waals surface area contributed by atoms with Gasteiger partial charge in [0.2, 0.25) is 0 Å². The summed E-state index contributed by atoms with van der Waals surface area (Å²) in [5.74, 6) is -0.433. The van der Waals surface area contributed by atoms with E-state index in [4.69, 9.17) is 9.84 Å². The first-order chi connectivity index (χ1) is 20.1. The van der Waals surface area contributed by atoms with Gasteiger partial charge < -0.3 is 9.84 Å². The topological polar surface area (TPSA) is 63.6 Å². The van der Waals surface area contributed by atoms with Crippen LogP contribution in [0.1, 0.15) is 200 Å². The van der Waals surface area contributed by atoms with Crippen molar-refractivity contribution < 1.29 is 19.4 Å². The molecular formula is C37H70O4. The van der Waals surface area contributed by atoms with Gasteiger partial charge in [0.15, 0.2) is 0 Å². The molecule has 0 aromatic carbocycles. The van der Waals surface area contributed by atoms with Crippen LogP contribution < -0.4 is 0 Å². The summed E-state index contributed by atoms with van der Waals surface area (Å²) >= 11 is 0. The van der Waals surface area contributed by atoms with E-state index in [2.05, 4.69) is 26.0 Å². The van der Waals surface area contributed by atoms with Crippen molar-refractivity contribution in [2.75, 3.05) is 6.61 Å². The highest BCUT2D eigenvalue weighted by Gasteiger charge is 2.10. The lowest BCUT2D eigenvalue weighted by molar-refractivity contribution is -0.144. The highest BCUT2D eigenvalue weighted by molar-refractivity contribution is 5.69. The summed E-state index contributed by atoms with van der Waals surface area (Å²) < 4.78 is 5.70. The highest BCUT2D eigenvalue weighted by Crippen LogP contribution is 2.17. The molecule has 0 aliphatic rings. The number of carbonyl (C=O) groups is 2. The first-order valence-electron chi connectivity index (χ1n) is 18.1. The Bertz CT molecular complexity index is 585. The van der Waals surface area contributed by atoms with Gasteiger partial charge in [-0.2, -0.15) is 0 Å². The molecule has 0 heterocycles. The van der Waals surface area contributed by atoms with Crippen LogP contribution in [0.15, 0.2) is 12.2 Å². The zero-order valence-electron chi connectivity index (χ0n) is 27.6. The third kappa shape index (κ3) is 33.1. The van der Waals surface area contributed by atoms with Gasteiger partial charge in [0, 0.05) is 18.8 Å². The maximum atomic E-state index is 12.4. The highest BCUT2D eigenvalue weighted by atomic mass is 16.5. The normalized spacial score (nSPS) is 12.2. The molecule has 0 bridgehead atoms. The van der Waals surface area contributed by atoms with Crippen LogP contribution in [0.2, 0.25) is 0 Å². The SMILES string of the molecule is CCCCCCC/C=C/C(CCCCCCCC(=O)O)COC(=O)CCCCCCCCCCCCCCCCC. The van der Waals surface area contributed by atoms with Gasteiger partial charge in [-0.25, -0.2) is 0 Å². The Labute approximate surface area is 255 Å². The molecule has 242 valence electrons. The second kappa shape index (κ2) is 33.2. The van der Waals surface area contributed by atoms with Crippen LogP contribution >= 0.6 is 0 Å². The van der Waals surface area contributed by atoms with Crippen molar-refractivity contribution in [3.8, 4) is 0 Å². The number of allylic oxidation sites excluding steroid dienone is 1. The van der Waals surface area contributed by atoms with Crippen molar-refractivity contribution in [1.29, 1.82) is 0 Å². The zero-order chi connectivity index (χ0) is 30.1. The molecule has 4 nitrogen and oxygen atoms in total. The van der Waals surface area contributed by atoms with Crippen molar-refractivity contribution in [3.63, 3.8) is 0 Å². The first-order valence-corrected chi connectivity index (χ1v) is 18.1. The number of rotatable bonds is 33. The molecule has 0 spiro atoms. The number of hydrogen-bond donors (Lipinski definition) is 1. The summed E-state index contributed by atoms with van der Waals surface area (Å²) in [6.07, 6.45) is 39.1. The monoisotopic (exact) mass is 579 g/mol. The van der Waals surface area contributed by atoms with Gasteiger partial charge in [-0.05, 0) is 32.1 Å². The second-order valence-corrected chi connectivity index (χ2v) is 12.5. The van der Waals surface area contributed by atoms with Crippen molar-refractivity contribution in [3.05, 3.63) is 12.2 Å². The van der Waals surface area contributed by atoms with Crippen LogP contribution in [0, 0.1) is 5.92 Å². The molecule has 0 aliphatic carbocycles. The van der Waals surface area contributed by atoms with Crippen molar-refractivity contribution in [1.82, 2.24) is 0 Å². The Hall–Kier alpha value is -1.32. The van der Waals surface area contributed by atoms with Crippen molar-refractivity contribution >= 4 is 11.9 Å². The molecular weight excluding hydrogens is 508 g/mol. The molecule has 41 heavy (non-hydrogen) atoms. The summed E-state index contributed by atoms with van der Waals surface area (Å²) in [5.41, 5.74) is 0. The Morgan fingerprint density at radius 3 is 1.46 bits per heavy atom. The van der Waals surface area contributed by atoms with E-state index in [0.29, 0.717) is 18.9 Å². The molecule has 0 fully saturated rings. The molecule has 0 rings (SSSR count). The van der Waals surface area contributed by atoms with Crippen LogP contribution in [0.5, 0.6) is 0 Å². The molecule has 0 amide bonds. The van der Waals surface area contributed by atoms with Gasteiger partial charge in [0.1, 0.15) is 0 Å². The molecule has 0 radical (unpaired) electrons. The minimum absolute atomic E-state index is 0.0358. The summed E-state index contributed by atoms with van der Waals surface area (Å²) in [5, 5.41) is 8.77. The van der Waals surface area contributed by atoms with E-state index in [1.165, 1.54) is 116 Å². The fourth-order valence-electron chi connectivity index (χ4n) is 5.52. The summed E-state index contributed by atoms with van der Waals surface area (Å²) in [6, 6.07) is 0. The lowest BCUT2D eigenvalue weighted by atomic mass is 9.99. The van der Waals surface area contributed by atoms with Crippen molar-refractivity contribution in [2.24, 2.45) is 5.92 Å². The smallest absolute Gasteiger partial charge is 0.305 e. The first kappa shape index (κ1) is 39.7. The van der Waals surface area contributed by atoms with Crippen LogP contribution in [0.4, 0.5) is 0 Å². The molecule has 1 N–H and O–H groups in total. The van der Waals surface area contributed by atoms with E-state index < -0.39 is 5.97 Å². The van der Waals surface area contributed by atoms with Crippen LogP contribution in [0.3, 0.4) is 0 Å². The standard InChI is InChI=1S/C37H70O4/c1-3-5-7-9-11-12-13-14-15-16-17-18-20-25-29-33-37(40)41-34-35(30-26-22-19-10-8-6-4-2)31-27-23-21-24-28-32-36(38)39/h26,30,35H,3-25,27-29,31-34H2,1-2H3,(H,38,39)/b30-26+. The largest absolute Gasteiger partial charge is 0.481 e. The number of hydrogen-bond acceptors (Lipinski definition) is 3. The molecule has 1 unspecified atom stereocenters. The molecule has 0 aromatic heterocycles. The predicted octanol–water partition coefficient (Wildman–Crippen LogP) is 12.1. The third-order valence-electron chi connectivity index (χ3n) is 8.29. The van der Waals surface area contributed by atoms with Gasteiger partial charge in [-0.3, -0.25) is 9.59 Å². The second-order valence-electron chi connectivity index (χ2n) is 12.5. The van der Waals surface area contributed by atoms with Gasteiger partial charge in [-0.1, -0.05) is 167 Å². The summed E-state index contributed by atoms with van der Waals surface area (Å²) in [7, 11) is 0. The molecule has 1 atom stereocenters. The van der Waals surface area contributed by atoms with E-state index in [-0.39, 0.29) is 12.4 Å². The van der Waals surface area contributed by atoms with Gasteiger partial charge in [0.05, 0.1) is 6.61 Å². The number of carboxylic acids is 1. The molecule has 0 saturated heterocycles. The average Bonchev–Trinajstić information content (AvgIpc) is 2.96. The minimum atomic E-state index is -0.698. The molecule has 4 heteroatoms. The quantitative estimate of drug-likeness (QED) is 0.0478. The molecule has 0 aromatic rings. The average molecular weight is 579 g/mol. The Morgan fingerprint density at radius 1 is 0.561 bits per heavy atom. The maximum Gasteiger partial charge on any atom is 0.305 e. The molecule has 0 aliphatic heterocycles. The lowest BCUT2D eigenvalue weighted by Gasteiger charge is -2.14. The van der Waals surface area contributed by atoms with E-state index >= 15 is 0 Å². The lowest BCUT2D eigenvalue weighted by Crippen LogP contribution is -2.13. The number of carbonyl (C=O) groups excluding carboxylic acids is 1. The predicted molar refractivity (Wildman–Crippen MR) is 176 cm³/mol. The van der Waals surface area contributed by atoms with E-state index in [0.717, 1.165) is 57.8 Å². The zero-order valence-corrected chi connectivity index (χ0v) is 27.6. The van der Waals surface area contributed by atoms with Gasteiger partial charge in [0.25, 0.3) is 0 Å². The number of aliphatic carboxylic acids is 1. The maximum absolute atomic E-state index is 12.4. The fraction of sp³-hybridized carbons (Fsp3) is 0.892. The van der Waals surface area contributed by atoms with E-state index in [1.807, 2.05) is 0 Å². The summed E-state index contributed by atoms with van der Waals surface area (Å²) in [6.45, 7) is 5.03. The number of unbranched alkanes of at least 4 members (excludes halogenated alkanes) is 23. The number of esters is 1. The number of ether oxygens (including phenoxy) is 1. The Morgan fingerprint density at radius 2 is 0.976 bits per heavy atom. The minimum Gasteiger partial charge on any atom is -0.481 e. The van der Waals surface area contributed by atoms with Crippen LogP contribution in [-0.2, 0) is 14.3 Å². The van der Waals surface area contributed by atoms with Crippen LogP contribution in [-0.4, -0.2) is 23.7 Å². The Kier molecular flexibility index (Phi) is 32.1. The van der Waals surface area contributed by atoms with Gasteiger partial charge in [-0.15, -0.1) is 0 Å². The Balaban J connectivity index is 3.92. The third-order valence-corrected chi connectivity index (χ3v) is 8.29. The molecule has 0 saturated carbocycles. The van der Waals surface area contributed by atoms with E-state index in [9.17, 15) is 9.59 Å². The summed E-state index contributed by atoms with van der Waals surface area (Å²) in [4.78, 5) is 23.0. The van der Waals surface area contributed by atoms with Gasteiger partial charge >= 0.3 is 11.9 Å². The van der Waals surface area contributed by atoms with Crippen LogP contribution in [0.25, 0.3) is 0 Å². The van der Waals surface area contributed by atoms with Crippen molar-refractivity contribution in [2.45, 2.75) is 200 Å². The number of carboxylic acid groups (broad SMARTS) is 1. The van der Waals surface area contributed by atoms with E-state index in [1.54, 1.807) is 0 Å².